The maximum atomic E-state index is 5.50. The summed E-state index contributed by atoms with van der Waals surface area (Å²) in [7, 11) is 1.91. The lowest BCUT2D eigenvalue weighted by atomic mass is 9.64. The summed E-state index contributed by atoms with van der Waals surface area (Å²) in [6, 6.07) is 9.52. The van der Waals surface area contributed by atoms with Crippen molar-refractivity contribution in [1.29, 1.82) is 0 Å². The summed E-state index contributed by atoms with van der Waals surface area (Å²) in [6.45, 7) is 7.02. The molecule has 2 aliphatic heterocycles. The quantitative estimate of drug-likeness (QED) is 0.584. The lowest BCUT2D eigenvalue weighted by molar-refractivity contribution is 0.0194. The molecule has 0 aromatic heterocycles. The molecule has 1 unspecified atom stereocenters. The molecule has 3 aliphatic rings. The highest BCUT2D eigenvalue weighted by molar-refractivity contribution is 9.10. The fourth-order valence-electron chi connectivity index (χ4n) is 4.73. The molecule has 1 aromatic rings. The Labute approximate surface area is 171 Å². The Morgan fingerprint density at radius 2 is 1.96 bits per heavy atom. The van der Waals surface area contributed by atoms with Crippen LogP contribution in [-0.2, 0) is 10.2 Å². The monoisotopic (exact) mass is 434 g/mol. The number of hydrogen-bond acceptors (Lipinski definition) is 3. The zero-order valence-electron chi connectivity index (χ0n) is 16.3. The van der Waals surface area contributed by atoms with Crippen molar-refractivity contribution < 1.29 is 4.74 Å². The number of aliphatic imine (C=N–C) groups is 1. The Bertz CT molecular complexity index is 653. The molecule has 6 heteroatoms. The minimum absolute atomic E-state index is 0.264. The van der Waals surface area contributed by atoms with Crippen LogP contribution in [0.3, 0.4) is 0 Å². The van der Waals surface area contributed by atoms with Crippen molar-refractivity contribution in [2.75, 3.05) is 53.0 Å². The molecule has 1 atom stereocenters. The van der Waals surface area contributed by atoms with Crippen molar-refractivity contribution in [2.24, 2.45) is 4.99 Å². The maximum Gasteiger partial charge on any atom is 0.193 e. The first-order valence-corrected chi connectivity index (χ1v) is 11.0. The Morgan fingerprint density at radius 3 is 2.59 bits per heavy atom. The Kier molecular flexibility index (Phi) is 6.05. The van der Waals surface area contributed by atoms with Crippen molar-refractivity contribution in [3.8, 4) is 0 Å². The molecule has 1 saturated carbocycles. The summed E-state index contributed by atoms with van der Waals surface area (Å²) < 4.78 is 6.65. The van der Waals surface area contributed by atoms with Crippen LogP contribution < -0.4 is 5.32 Å². The highest BCUT2D eigenvalue weighted by Crippen LogP contribution is 2.43. The molecule has 0 spiro atoms. The molecule has 0 bridgehead atoms. The first kappa shape index (κ1) is 19.2. The average molecular weight is 435 g/mol. The van der Waals surface area contributed by atoms with Gasteiger partial charge in [0.2, 0.25) is 0 Å². The molecule has 1 N–H and O–H groups in total. The molecule has 2 saturated heterocycles. The summed E-state index contributed by atoms with van der Waals surface area (Å²) in [6.07, 6.45) is 5.06. The van der Waals surface area contributed by atoms with Gasteiger partial charge in [0.15, 0.2) is 5.96 Å². The summed E-state index contributed by atoms with van der Waals surface area (Å²) in [5.41, 5.74) is 1.72. The first-order chi connectivity index (χ1) is 13.2. The minimum atomic E-state index is 0.264. The van der Waals surface area contributed by atoms with E-state index in [1.165, 1.54) is 31.2 Å². The van der Waals surface area contributed by atoms with Gasteiger partial charge in [-0.05, 0) is 37.0 Å². The van der Waals surface area contributed by atoms with Crippen LogP contribution in [0.2, 0.25) is 0 Å². The standard InChI is InChI=1S/C21H31BrN4O/c1-23-20(26-10-7-19(15-26)25-11-13-27-14-12-25)24-16-21(8-2-9-21)17-3-5-18(22)6-4-17/h3-6,19H,2,7-16H2,1H3,(H,23,24). The summed E-state index contributed by atoms with van der Waals surface area (Å²) >= 11 is 3.56. The van der Waals surface area contributed by atoms with Crippen molar-refractivity contribution in [3.05, 3.63) is 34.3 Å². The molecule has 27 heavy (non-hydrogen) atoms. The number of hydrogen-bond donors (Lipinski definition) is 1. The van der Waals surface area contributed by atoms with E-state index >= 15 is 0 Å². The molecule has 1 aromatic carbocycles. The fourth-order valence-corrected chi connectivity index (χ4v) is 4.99. The molecular weight excluding hydrogens is 404 g/mol. The van der Waals surface area contributed by atoms with E-state index in [4.69, 9.17) is 4.74 Å². The first-order valence-electron chi connectivity index (χ1n) is 10.2. The van der Waals surface area contributed by atoms with Crippen LogP contribution in [0.4, 0.5) is 0 Å². The van der Waals surface area contributed by atoms with Crippen molar-refractivity contribution >= 4 is 21.9 Å². The Hall–Kier alpha value is -1.11. The third kappa shape index (κ3) is 4.17. The molecule has 4 rings (SSSR count). The third-order valence-electron chi connectivity index (χ3n) is 6.59. The van der Waals surface area contributed by atoms with Gasteiger partial charge in [0, 0.05) is 55.7 Å². The van der Waals surface area contributed by atoms with Crippen LogP contribution in [0.5, 0.6) is 0 Å². The van der Waals surface area contributed by atoms with Gasteiger partial charge in [0.25, 0.3) is 0 Å². The molecule has 0 amide bonds. The SMILES string of the molecule is CN=C(NCC1(c2ccc(Br)cc2)CCC1)N1CCC(N2CCOCC2)C1. The number of rotatable bonds is 4. The number of morpholine rings is 1. The number of nitrogens with zero attached hydrogens (tertiary/aromatic N) is 3. The number of ether oxygens (including phenoxy) is 1. The van der Waals surface area contributed by atoms with Gasteiger partial charge in [-0.3, -0.25) is 9.89 Å². The summed E-state index contributed by atoms with van der Waals surface area (Å²) in [5, 5.41) is 3.71. The van der Waals surface area contributed by atoms with E-state index in [0.29, 0.717) is 6.04 Å². The zero-order chi connectivity index (χ0) is 18.7. The molecule has 5 nitrogen and oxygen atoms in total. The van der Waals surface area contributed by atoms with E-state index in [9.17, 15) is 0 Å². The number of nitrogens with one attached hydrogen (secondary N) is 1. The fraction of sp³-hybridized carbons (Fsp3) is 0.667. The summed E-state index contributed by atoms with van der Waals surface area (Å²) in [4.78, 5) is 9.63. The lowest BCUT2D eigenvalue weighted by Crippen LogP contribution is -2.50. The molecule has 2 heterocycles. The average Bonchev–Trinajstić information content (AvgIpc) is 3.16. The predicted molar refractivity (Wildman–Crippen MR) is 113 cm³/mol. The number of halogens is 1. The number of benzene rings is 1. The highest BCUT2D eigenvalue weighted by atomic mass is 79.9. The molecule has 0 radical (unpaired) electrons. The second-order valence-corrected chi connectivity index (χ2v) is 8.99. The third-order valence-corrected chi connectivity index (χ3v) is 7.12. The van der Waals surface area contributed by atoms with Gasteiger partial charge in [-0.15, -0.1) is 0 Å². The topological polar surface area (TPSA) is 40.1 Å². The van der Waals surface area contributed by atoms with Gasteiger partial charge >= 0.3 is 0 Å². The normalized spacial score (nSPS) is 26.1. The van der Waals surface area contributed by atoms with E-state index in [2.05, 4.69) is 60.3 Å². The van der Waals surface area contributed by atoms with Crippen LogP contribution in [-0.4, -0.2) is 74.8 Å². The van der Waals surface area contributed by atoms with Crippen molar-refractivity contribution in [3.63, 3.8) is 0 Å². The molecule has 148 valence electrons. The van der Waals surface area contributed by atoms with E-state index < -0.39 is 0 Å². The Balaban J connectivity index is 1.36. The summed E-state index contributed by atoms with van der Waals surface area (Å²) in [5.74, 6) is 1.06. The maximum absolute atomic E-state index is 5.50. The predicted octanol–water partition coefficient (Wildman–Crippen LogP) is 2.85. The van der Waals surface area contributed by atoms with Crippen molar-refractivity contribution in [2.45, 2.75) is 37.1 Å². The highest BCUT2D eigenvalue weighted by Gasteiger charge is 2.39. The lowest BCUT2D eigenvalue weighted by Gasteiger charge is -2.43. The zero-order valence-corrected chi connectivity index (χ0v) is 17.9. The van der Waals surface area contributed by atoms with E-state index in [0.717, 1.165) is 56.4 Å². The van der Waals surface area contributed by atoms with Crippen LogP contribution in [0.25, 0.3) is 0 Å². The van der Waals surface area contributed by atoms with E-state index in [1.807, 2.05) is 7.05 Å². The van der Waals surface area contributed by atoms with Gasteiger partial charge < -0.3 is 15.0 Å². The smallest absolute Gasteiger partial charge is 0.193 e. The van der Waals surface area contributed by atoms with E-state index in [1.54, 1.807) is 0 Å². The Morgan fingerprint density at radius 1 is 1.22 bits per heavy atom. The van der Waals surface area contributed by atoms with E-state index in [-0.39, 0.29) is 5.41 Å². The van der Waals surface area contributed by atoms with Gasteiger partial charge in [0.05, 0.1) is 13.2 Å². The molecule has 3 fully saturated rings. The second kappa shape index (κ2) is 8.50. The van der Waals surface area contributed by atoms with Gasteiger partial charge in [0.1, 0.15) is 0 Å². The molecular formula is C21H31BrN4O. The van der Waals surface area contributed by atoms with Crippen LogP contribution in [0.1, 0.15) is 31.2 Å². The minimum Gasteiger partial charge on any atom is -0.379 e. The second-order valence-electron chi connectivity index (χ2n) is 8.08. The van der Waals surface area contributed by atoms with Gasteiger partial charge in [-0.1, -0.05) is 34.5 Å². The van der Waals surface area contributed by atoms with Crippen LogP contribution in [0, 0.1) is 0 Å². The molecule has 1 aliphatic carbocycles. The van der Waals surface area contributed by atoms with Gasteiger partial charge in [-0.25, -0.2) is 0 Å². The van der Waals surface area contributed by atoms with Gasteiger partial charge in [-0.2, -0.15) is 0 Å². The number of guanidine groups is 1. The van der Waals surface area contributed by atoms with Crippen LogP contribution >= 0.6 is 15.9 Å². The van der Waals surface area contributed by atoms with Crippen molar-refractivity contribution in [1.82, 2.24) is 15.1 Å². The van der Waals surface area contributed by atoms with Crippen LogP contribution in [0.15, 0.2) is 33.7 Å². The largest absolute Gasteiger partial charge is 0.379 e. The number of likely N-dealkylation sites (tertiary alicyclic amines) is 1.